The second-order valence-corrected chi connectivity index (χ2v) is 15.2. The Morgan fingerprint density at radius 2 is 0.793 bits per heavy atom. The van der Waals surface area contributed by atoms with Crippen LogP contribution < -0.4 is 0 Å². The first-order valence-electron chi connectivity index (χ1n) is 19.9. The molecule has 9 aromatic carbocycles. The zero-order chi connectivity index (χ0) is 38.2. The Labute approximate surface area is 336 Å². The minimum Gasteiger partial charge on any atom is -0.254 e. The van der Waals surface area contributed by atoms with E-state index in [1.54, 1.807) is 0 Å². The minimum atomic E-state index is 0.934. The molecule has 0 aliphatic heterocycles. The highest BCUT2D eigenvalue weighted by atomic mass is 14.7. The van der Waals surface area contributed by atoms with Crippen LogP contribution in [0.15, 0.2) is 206 Å². The average Bonchev–Trinajstić information content (AvgIpc) is 3.63. The number of pyridine rings is 2. The van der Waals surface area contributed by atoms with E-state index in [1.165, 1.54) is 88.3 Å². The van der Waals surface area contributed by atoms with Gasteiger partial charge < -0.3 is 0 Å². The summed E-state index contributed by atoms with van der Waals surface area (Å²) in [5.41, 5.74) is 19.0. The highest BCUT2D eigenvalue weighted by Gasteiger charge is 2.31. The Bertz CT molecular complexity index is 3310. The third-order valence-electron chi connectivity index (χ3n) is 12.1. The van der Waals surface area contributed by atoms with E-state index in [0.717, 1.165) is 33.1 Å². The molecule has 2 heteroatoms. The van der Waals surface area contributed by atoms with Gasteiger partial charge in [0.1, 0.15) is 0 Å². The number of fused-ring (bicyclic) bond motifs is 7. The van der Waals surface area contributed by atoms with Crippen LogP contribution in [0.3, 0.4) is 0 Å². The first-order chi connectivity index (χ1) is 28.8. The molecule has 1 aliphatic rings. The average molecular weight is 735 g/mol. The maximum Gasteiger partial charge on any atom is 0.0972 e. The fourth-order valence-electron chi connectivity index (χ4n) is 9.42. The van der Waals surface area contributed by atoms with Crippen LogP contribution in [0, 0.1) is 0 Å². The van der Waals surface area contributed by atoms with Crippen molar-refractivity contribution in [3.8, 4) is 78.0 Å². The maximum absolute atomic E-state index is 5.07. The summed E-state index contributed by atoms with van der Waals surface area (Å²) in [5.74, 6) is 0. The fraction of sp³-hybridized carbons (Fsp3) is 0. The van der Waals surface area contributed by atoms with Crippen LogP contribution in [0.4, 0.5) is 0 Å². The Morgan fingerprint density at radius 3 is 1.45 bits per heavy atom. The molecule has 0 N–H and O–H groups in total. The summed E-state index contributed by atoms with van der Waals surface area (Å²) in [6, 6.07) is 72.7. The minimum absolute atomic E-state index is 0.934. The first kappa shape index (κ1) is 32.6. The number of hydrogen-bond acceptors (Lipinski definition) is 2. The Morgan fingerprint density at radius 1 is 0.276 bits per heavy atom. The van der Waals surface area contributed by atoms with Gasteiger partial charge in [-0.3, -0.25) is 4.98 Å². The van der Waals surface area contributed by atoms with E-state index in [1.807, 2.05) is 12.3 Å². The van der Waals surface area contributed by atoms with Crippen molar-refractivity contribution in [3.63, 3.8) is 0 Å². The van der Waals surface area contributed by atoms with Crippen LogP contribution in [0.5, 0.6) is 0 Å². The van der Waals surface area contributed by atoms with Gasteiger partial charge in [-0.05, 0) is 100 Å². The third-order valence-corrected chi connectivity index (χ3v) is 12.1. The lowest BCUT2D eigenvalue weighted by Crippen LogP contribution is -1.93. The largest absolute Gasteiger partial charge is 0.254 e. The second-order valence-electron chi connectivity index (χ2n) is 15.2. The molecule has 0 fully saturated rings. The van der Waals surface area contributed by atoms with Crippen molar-refractivity contribution < 1.29 is 0 Å². The molecule has 0 radical (unpaired) electrons. The smallest absolute Gasteiger partial charge is 0.0972 e. The SMILES string of the molecule is c1ccc(-c2c3c(c(-c4ccccc4)c4ccccc24)-c2ccc(-c4ccc(-c5ccc(-c6ccc7ccc8cccnc8c7n6)cc5)cc4)c4cccc-3c24)cc1. The van der Waals surface area contributed by atoms with Gasteiger partial charge in [0.05, 0.1) is 16.7 Å². The van der Waals surface area contributed by atoms with Gasteiger partial charge in [0.2, 0.25) is 0 Å². The molecule has 2 heterocycles. The lowest BCUT2D eigenvalue weighted by Gasteiger charge is -2.20. The van der Waals surface area contributed by atoms with Crippen LogP contribution in [0.25, 0.3) is 121 Å². The molecule has 0 spiro atoms. The summed E-state index contributed by atoms with van der Waals surface area (Å²) in [4.78, 5) is 9.71. The molecular weight excluding hydrogens is 701 g/mol. The lowest BCUT2D eigenvalue weighted by atomic mass is 9.82. The summed E-state index contributed by atoms with van der Waals surface area (Å²) < 4.78 is 0. The molecular formula is C56H34N2. The van der Waals surface area contributed by atoms with Gasteiger partial charge in [-0.2, -0.15) is 0 Å². The van der Waals surface area contributed by atoms with Crippen LogP contribution in [0.2, 0.25) is 0 Å². The monoisotopic (exact) mass is 734 g/mol. The maximum atomic E-state index is 5.07. The lowest BCUT2D eigenvalue weighted by molar-refractivity contribution is 1.37. The van der Waals surface area contributed by atoms with Gasteiger partial charge in [-0.25, -0.2) is 4.98 Å². The molecule has 0 amide bonds. The Hall–Kier alpha value is -7.68. The number of benzene rings is 9. The summed E-state index contributed by atoms with van der Waals surface area (Å²) in [6.45, 7) is 0. The van der Waals surface area contributed by atoms with Gasteiger partial charge in [-0.1, -0.05) is 188 Å². The summed E-state index contributed by atoms with van der Waals surface area (Å²) in [6.07, 6.45) is 1.84. The van der Waals surface area contributed by atoms with E-state index in [2.05, 4.69) is 199 Å². The summed E-state index contributed by atoms with van der Waals surface area (Å²) in [5, 5.41) is 7.35. The van der Waals surface area contributed by atoms with Crippen molar-refractivity contribution in [2.24, 2.45) is 0 Å². The zero-order valence-electron chi connectivity index (χ0n) is 31.5. The molecule has 11 aromatic rings. The summed E-state index contributed by atoms with van der Waals surface area (Å²) >= 11 is 0. The standard InChI is InChI=1S/C56H34N2/c1-3-11-39(12-4-1)50-45-16-7-8-17-46(45)51(40-13-5-2-6-14-40)54-48-32-31-43(44-18-9-19-47(52(44)48)53(50)54)37-24-20-35(21-25-37)36-22-26-38(27-23-36)49-33-30-42-29-28-41-15-10-34-57-55(41)56(42)58-49/h1-34H. The predicted octanol–water partition coefficient (Wildman–Crippen LogP) is 15.1. The van der Waals surface area contributed by atoms with Crippen LogP contribution >= 0.6 is 0 Å². The van der Waals surface area contributed by atoms with Crippen LogP contribution in [-0.2, 0) is 0 Å². The van der Waals surface area contributed by atoms with E-state index in [4.69, 9.17) is 4.98 Å². The molecule has 268 valence electrons. The third kappa shape index (κ3) is 4.99. The van der Waals surface area contributed by atoms with E-state index < -0.39 is 0 Å². The van der Waals surface area contributed by atoms with Gasteiger partial charge in [0.25, 0.3) is 0 Å². The predicted molar refractivity (Wildman–Crippen MR) is 244 cm³/mol. The van der Waals surface area contributed by atoms with Gasteiger partial charge in [0, 0.05) is 22.5 Å². The zero-order valence-corrected chi connectivity index (χ0v) is 31.5. The molecule has 58 heavy (non-hydrogen) atoms. The van der Waals surface area contributed by atoms with E-state index in [0.29, 0.717) is 0 Å². The van der Waals surface area contributed by atoms with Crippen LogP contribution in [0.1, 0.15) is 0 Å². The highest BCUT2D eigenvalue weighted by Crippen LogP contribution is 2.58. The molecule has 0 saturated carbocycles. The van der Waals surface area contributed by atoms with Gasteiger partial charge in [0.15, 0.2) is 0 Å². The topological polar surface area (TPSA) is 25.8 Å². The molecule has 12 rings (SSSR count). The second kappa shape index (κ2) is 12.9. The van der Waals surface area contributed by atoms with Gasteiger partial charge >= 0.3 is 0 Å². The Balaban J connectivity index is 0.956. The normalized spacial score (nSPS) is 11.8. The van der Waals surface area contributed by atoms with E-state index in [-0.39, 0.29) is 0 Å². The molecule has 0 atom stereocenters. The van der Waals surface area contributed by atoms with Gasteiger partial charge in [-0.15, -0.1) is 0 Å². The molecule has 1 aliphatic carbocycles. The van der Waals surface area contributed by atoms with Crippen molar-refractivity contribution >= 4 is 43.4 Å². The Kier molecular flexibility index (Phi) is 7.26. The number of nitrogens with zero attached hydrogens (tertiary/aromatic N) is 2. The number of hydrogen-bond donors (Lipinski definition) is 0. The fourth-order valence-corrected chi connectivity index (χ4v) is 9.42. The van der Waals surface area contributed by atoms with Crippen LogP contribution in [-0.4, -0.2) is 9.97 Å². The first-order valence-corrected chi connectivity index (χ1v) is 19.9. The summed E-state index contributed by atoms with van der Waals surface area (Å²) in [7, 11) is 0. The van der Waals surface area contributed by atoms with Crippen molar-refractivity contribution in [1.29, 1.82) is 0 Å². The molecule has 0 saturated heterocycles. The van der Waals surface area contributed by atoms with Crippen molar-refractivity contribution in [2.45, 2.75) is 0 Å². The number of rotatable bonds is 5. The number of aromatic nitrogens is 2. The van der Waals surface area contributed by atoms with Crippen molar-refractivity contribution in [2.75, 3.05) is 0 Å². The van der Waals surface area contributed by atoms with E-state index >= 15 is 0 Å². The molecule has 0 bridgehead atoms. The molecule has 2 aromatic heterocycles. The quantitative estimate of drug-likeness (QED) is 0.165. The molecule has 0 unspecified atom stereocenters. The highest BCUT2D eigenvalue weighted by molar-refractivity contribution is 6.28. The van der Waals surface area contributed by atoms with Crippen molar-refractivity contribution in [3.05, 3.63) is 206 Å². The van der Waals surface area contributed by atoms with Crippen molar-refractivity contribution in [1.82, 2.24) is 9.97 Å². The molecule has 2 nitrogen and oxygen atoms in total. The van der Waals surface area contributed by atoms with E-state index in [9.17, 15) is 0 Å².